The molecule has 106 valence electrons. The van der Waals surface area contributed by atoms with E-state index in [4.69, 9.17) is 10.3 Å². The van der Waals surface area contributed by atoms with E-state index in [1.54, 1.807) is 12.1 Å². The second-order valence-electron chi connectivity index (χ2n) is 4.72. The molecule has 0 spiro atoms. The average molecular weight is 283 g/mol. The fraction of sp³-hybridized carbons (Fsp3) is 0.125. The average Bonchev–Trinajstić information content (AvgIpc) is 2.98. The molecule has 0 aliphatic heterocycles. The largest absolute Gasteiger partial charge is 0.334 e. The molecule has 0 saturated heterocycles. The van der Waals surface area contributed by atoms with E-state index in [1.807, 2.05) is 24.3 Å². The maximum absolute atomic E-state index is 12.9. The van der Waals surface area contributed by atoms with Crippen molar-refractivity contribution in [3.05, 3.63) is 71.3 Å². The quantitative estimate of drug-likeness (QED) is 0.799. The lowest BCUT2D eigenvalue weighted by Gasteiger charge is -1.97. The van der Waals surface area contributed by atoms with Crippen LogP contribution in [0.4, 0.5) is 4.39 Å². The molecule has 0 saturated carbocycles. The molecule has 0 aliphatic rings. The molecular weight excluding hydrogens is 269 g/mol. The summed E-state index contributed by atoms with van der Waals surface area (Å²) in [4.78, 5) is 4.35. The Morgan fingerprint density at radius 3 is 2.29 bits per heavy atom. The first-order chi connectivity index (χ1) is 10.2. The summed E-state index contributed by atoms with van der Waals surface area (Å²) in [5.74, 6) is 0.780. The smallest absolute Gasteiger partial charge is 0.257 e. The Balaban J connectivity index is 1.77. The maximum Gasteiger partial charge on any atom is 0.257 e. The third-order valence-electron chi connectivity index (χ3n) is 3.18. The minimum Gasteiger partial charge on any atom is -0.334 e. The zero-order valence-corrected chi connectivity index (χ0v) is 11.3. The lowest BCUT2D eigenvalue weighted by atomic mass is 10.1. The van der Waals surface area contributed by atoms with Crippen molar-refractivity contribution < 1.29 is 8.91 Å². The number of benzene rings is 2. The normalized spacial score (nSPS) is 10.8. The summed E-state index contributed by atoms with van der Waals surface area (Å²) in [7, 11) is 0. The van der Waals surface area contributed by atoms with Gasteiger partial charge in [0.05, 0.1) is 0 Å². The minimum absolute atomic E-state index is 0.257. The number of aromatic nitrogens is 2. The topological polar surface area (TPSA) is 64.9 Å². The van der Waals surface area contributed by atoms with Gasteiger partial charge in [-0.1, -0.05) is 29.4 Å². The van der Waals surface area contributed by atoms with Gasteiger partial charge in [-0.2, -0.15) is 4.98 Å². The molecule has 21 heavy (non-hydrogen) atoms. The van der Waals surface area contributed by atoms with E-state index in [0.717, 1.165) is 16.7 Å². The van der Waals surface area contributed by atoms with Crippen LogP contribution in [0, 0.1) is 5.82 Å². The highest BCUT2D eigenvalue weighted by Crippen LogP contribution is 2.18. The summed E-state index contributed by atoms with van der Waals surface area (Å²) in [5.41, 5.74) is 8.39. The van der Waals surface area contributed by atoms with E-state index >= 15 is 0 Å². The van der Waals surface area contributed by atoms with E-state index in [9.17, 15) is 4.39 Å². The first-order valence-electron chi connectivity index (χ1n) is 6.61. The number of nitrogens with zero attached hydrogens (tertiary/aromatic N) is 2. The molecule has 0 atom stereocenters. The van der Waals surface area contributed by atoms with Gasteiger partial charge in [-0.05, 0) is 35.4 Å². The van der Waals surface area contributed by atoms with Gasteiger partial charge < -0.3 is 10.3 Å². The van der Waals surface area contributed by atoms with Crippen LogP contribution in [0.3, 0.4) is 0 Å². The summed E-state index contributed by atoms with van der Waals surface area (Å²) in [5, 5.41) is 3.95. The van der Waals surface area contributed by atoms with Crippen LogP contribution in [0.2, 0.25) is 0 Å². The van der Waals surface area contributed by atoms with Crippen LogP contribution in [-0.4, -0.2) is 10.1 Å². The van der Waals surface area contributed by atoms with Crippen molar-refractivity contribution in [2.75, 3.05) is 0 Å². The molecule has 2 N–H and O–H groups in total. The summed E-state index contributed by atoms with van der Waals surface area (Å²) < 4.78 is 18.1. The maximum atomic E-state index is 12.9. The minimum atomic E-state index is -0.257. The predicted octanol–water partition coefficient (Wildman–Crippen LogP) is 2.93. The number of nitrogens with two attached hydrogens (primary N) is 1. The number of hydrogen-bond donors (Lipinski definition) is 1. The Bertz CT molecular complexity index is 720. The molecule has 1 heterocycles. The molecule has 0 amide bonds. The predicted molar refractivity (Wildman–Crippen MR) is 76.8 cm³/mol. The Labute approximate surface area is 121 Å². The Hall–Kier alpha value is -2.53. The van der Waals surface area contributed by atoms with Gasteiger partial charge >= 0.3 is 0 Å². The second-order valence-corrected chi connectivity index (χ2v) is 4.72. The molecule has 3 rings (SSSR count). The van der Waals surface area contributed by atoms with Crippen molar-refractivity contribution in [1.82, 2.24) is 10.1 Å². The highest BCUT2D eigenvalue weighted by molar-refractivity contribution is 5.53. The summed E-state index contributed by atoms with van der Waals surface area (Å²) in [6, 6.07) is 13.9. The van der Waals surface area contributed by atoms with Crippen molar-refractivity contribution in [3.63, 3.8) is 0 Å². The first kappa shape index (κ1) is 13.5. The fourth-order valence-corrected chi connectivity index (χ4v) is 2.01. The number of rotatable bonds is 4. The number of halogens is 1. The van der Waals surface area contributed by atoms with E-state index in [-0.39, 0.29) is 5.82 Å². The Morgan fingerprint density at radius 1 is 0.952 bits per heavy atom. The van der Waals surface area contributed by atoms with Gasteiger partial charge in [0, 0.05) is 18.5 Å². The van der Waals surface area contributed by atoms with Gasteiger partial charge in [-0.3, -0.25) is 0 Å². The second kappa shape index (κ2) is 5.85. The van der Waals surface area contributed by atoms with Crippen LogP contribution >= 0.6 is 0 Å². The zero-order chi connectivity index (χ0) is 14.7. The van der Waals surface area contributed by atoms with E-state index in [2.05, 4.69) is 10.1 Å². The van der Waals surface area contributed by atoms with Crippen LogP contribution in [0.15, 0.2) is 53.1 Å². The van der Waals surface area contributed by atoms with Crippen molar-refractivity contribution >= 4 is 0 Å². The molecule has 4 nitrogen and oxygen atoms in total. The van der Waals surface area contributed by atoms with Gasteiger partial charge in [0.15, 0.2) is 5.82 Å². The first-order valence-corrected chi connectivity index (χ1v) is 6.61. The third-order valence-corrected chi connectivity index (χ3v) is 3.18. The van der Waals surface area contributed by atoms with Gasteiger partial charge in [-0.15, -0.1) is 0 Å². The summed E-state index contributed by atoms with van der Waals surface area (Å²) >= 11 is 0. The molecule has 2 aromatic carbocycles. The SMILES string of the molecule is NCc1ccc(-c2nc(Cc3ccc(F)cc3)no2)cc1. The van der Waals surface area contributed by atoms with Gasteiger partial charge in [-0.25, -0.2) is 4.39 Å². The molecule has 0 radical (unpaired) electrons. The fourth-order valence-electron chi connectivity index (χ4n) is 2.01. The van der Waals surface area contributed by atoms with Crippen molar-refractivity contribution in [1.29, 1.82) is 0 Å². The molecule has 0 aliphatic carbocycles. The van der Waals surface area contributed by atoms with Crippen molar-refractivity contribution in [2.24, 2.45) is 5.73 Å². The molecule has 3 aromatic rings. The van der Waals surface area contributed by atoms with Crippen LogP contribution in [0.5, 0.6) is 0 Å². The zero-order valence-electron chi connectivity index (χ0n) is 11.3. The van der Waals surface area contributed by atoms with Gasteiger partial charge in [0.1, 0.15) is 5.82 Å². The molecular formula is C16H14FN3O. The van der Waals surface area contributed by atoms with Crippen LogP contribution < -0.4 is 5.73 Å². The standard InChI is InChI=1S/C16H14FN3O/c17-14-7-3-11(4-8-14)9-15-19-16(21-20-15)13-5-1-12(10-18)2-6-13/h1-8H,9-10,18H2. The summed E-state index contributed by atoms with van der Waals surface area (Å²) in [6.07, 6.45) is 0.505. The van der Waals surface area contributed by atoms with E-state index < -0.39 is 0 Å². The number of hydrogen-bond acceptors (Lipinski definition) is 4. The van der Waals surface area contributed by atoms with Crippen LogP contribution in [0.1, 0.15) is 17.0 Å². The molecule has 0 bridgehead atoms. The van der Waals surface area contributed by atoms with Gasteiger partial charge in [0.25, 0.3) is 5.89 Å². The van der Waals surface area contributed by atoms with E-state index in [0.29, 0.717) is 24.7 Å². The van der Waals surface area contributed by atoms with Crippen molar-refractivity contribution in [3.8, 4) is 11.5 Å². The van der Waals surface area contributed by atoms with Crippen LogP contribution in [0.25, 0.3) is 11.5 Å². The Kier molecular flexibility index (Phi) is 3.75. The molecule has 0 unspecified atom stereocenters. The lowest BCUT2D eigenvalue weighted by molar-refractivity contribution is 0.424. The van der Waals surface area contributed by atoms with Gasteiger partial charge in [0.2, 0.25) is 0 Å². The Morgan fingerprint density at radius 2 is 1.62 bits per heavy atom. The third kappa shape index (κ3) is 3.14. The highest BCUT2D eigenvalue weighted by atomic mass is 19.1. The summed E-state index contributed by atoms with van der Waals surface area (Å²) in [6.45, 7) is 0.500. The van der Waals surface area contributed by atoms with Crippen LogP contribution in [-0.2, 0) is 13.0 Å². The van der Waals surface area contributed by atoms with Crippen molar-refractivity contribution in [2.45, 2.75) is 13.0 Å². The monoisotopic (exact) mass is 283 g/mol. The molecule has 5 heteroatoms. The highest BCUT2D eigenvalue weighted by Gasteiger charge is 2.09. The van der Waals surface area contributed by atoms with E-state index in [1.165, 1.54) is 12.1 Å². The molecule has 1 aromatic heterocycles. The molecule has 0 fully saturated rings. The lowest BCUT2D eigenvalue weighted by Crippen LogP contribution is -1.95.